The molecule has 1 heterocycles. The molecule has 10 heteroatoms. The maximum atomic E-state index is 13.5. The van der Waals surface area contributed by atoms with Crippen LogP contribution in [0.3, 0.4) is 0 Å². The smallest absolute Gasteiger partial charge is 0.408 e. The monoisotopic (exact) mass is 627 g/mol. The third-order valence-corrected chi connectivity index (χ3v) is 7.76. The SMILES string of the molecule is C=CCc1cc2c(cc1NC(=O)[C@H](CCCCNC(=O)OCC1c3ccccc3-c3ccccc31)NC(=O)OC(C)(C)C)OCO2. The van der Waals surface area contributed by atoms with E-state index in [0.29, 0.717) is 49.4 Å². The highest BCUT2D eigenvalue weighted by atomic mass is 16.7. The average Bonchev–Trinajstić information content (AvgIpc) is 3.60. The molecule has 0 aromatic heterocycles. The predicted molar refractivity (Wildman–Crippen MR) is 175 cm³/mol. The van der Waals surface area contributed by atoms with Crippen molar-refractivity contribution in [2.75, 3.05) is 25.3 Å². The maximum Gasteiger partial charge on any atom is 0.408 e. The molecule has 2 aliphatic rings. The molecule has 0 spiro atoms. The Hall–Kier alpha value is -4.99. The number of alkyl carbamates (subject to hydrolysis) is 2. The zero-order valence-electron chi connectivity index (χ0n) is 26.5. The number of unbranched alkanes of at least 4 members (excludes halogenated alkanes) is 1. The summed E-state index contributed by atoms with van der Waals surface area (Å²) in [6.45, 7) is 9.75. The van der Waals surface area contributed by atoms with Gasteiger partial charge in [-0.05, 0) is 80.3 Å². The average molecular weight is 628 g/mol. The van der Waals surface area contributed by atoms with Crippen LogP contribution in [0.25, 0.3) is 11.1 Å². The summed E-state index contributed by atoms with van der Waals surface area (Å²) in [6, 6.07) is 19.0. The Morgan fingerprint density at radius 3 is 2.26 bits per heavy atom. The Bertz CT molecular complexity index is 1550. The lowest BCUT2D eigenvalue weighted by molar-refractivity contribution is -0.118. The topological polar surface area (TPSA) is 124 Å². The number of hydrogen-bond acceptors (Lipinski definition) is 7. The molecule has 3 aromatic carbocycles. The summed E-state index contributed by atoms with van der Waals surface area (Å²) < 4.78 is 22.0. The van der Waals surface area contributed by atoms with Crippen LogP contribution in [0.5, 0.6) is 11.5 Å². The summed E-state index contributed by atoms with van der Waals surface area (Å²) in [7, 11) is 0. The number of amides is 3. The van der Waals surface area contributed by atoms with Gasteiger partial charge in [-0.2, -0.15) is 0 Å². The first-order valence-electron chi connectivity index (χ1n) is 15.6. The highest BCUT2D eigenvalue weighted by Crippen LogP contribution is 2.44. The Labute approximate surface area is 269 Å². The highest BCUT2D eigenvalue weighted by molar-refractivity contribution is 5.97. The molecule has 10 nitrogen and oxygen atoms in total. The number of hydrogen-bond donors (Lipinski definition) is 3. The lowest BCUT2D eigenvalue weighted by Crippen LogP contribution is -2.46. The molecule has 1 aliphatic heterocycles. The minimum absolute atomic E-state index is 0.0203. The summed E-state index contributed by atoms with van der Waals surface area (Å²) in [6.07, 6.45) is 2.46. The fraction of sp³-hybridized carbons (Fsp3) is 0.361. The predicted octanol–water partition coefficient (Wildman–Crippen LogP) is 6.68. The first kappa shape index (κ1) is 32.4. The first-order valence-corrected chi connectivity index (χ1v) is 15.6. The minimum atomic E-state index is -0.883. The van der Waals surface area contributed by atoms with Crippen LogP contribution in [0, 0.1) is 0 Å². The summed E-state index contributed by atoms with van der Waals surface area (Å²) >= 11 is 0. The van der Waals surface area contributed by atoms with Gasteiger partial charge in [-0.3, -0.25) is 4.79 Å². The van der Waals surface area contributed by atoms with E-state index in [1.165, 1.54) is 11.1 Å². The van der Waals surface area contributed by atoms with Gasteiger partial charge in [0, 0.05) is 24.2 Å². The third-order valence-electron chi connectivity index (χ3n) is 7.76. The Kier molecular flexibility index (Phi) is 10.1. The van der Waals surface area contributed by atoms with Crippen LogP contribution in [0.1, 0.15) is 62.6 Å². The van der Waals surface area contributed by atoms with Gasteiger partial charge in [-0.15, -0.1) is 6.58 Å². The van der Waals surface area contributed by atoms with Crippen LogP contribution in [0.15, 0.2) is 73.3 Å². The molecule has 0 saturated heterocycles. The molecule has 5 rings (SSSR count). The Morgan fingerprint density at radius 1 is 0.957 bits per heavy atom. The number of nitrogens with one attached hydrogen (secondary N) is 3. The summed E-state index contributed by atoms with van der Waals surface area (Å²) in [4.78, 5) is 38.7. The third kappa shape index (κ3) is 7.99. The second-order valence-electron chi connectivity index (χ2n) is 12.3. The molecular formula is C36H41N3O7. The van der Waals surface area contributed by atoms with Crippen LogP contribution in [-0.4, -0.2) is 49.7 Å². The number of rotatable bonds is 12. The molecular weight excluding hydrogens is 586 g/mol. The number of benzene rings is 3. The van der Waals surface area contributed by atoms with Gasteiger partial charge >= 0.3 is 12.2 Å². The van der Waals surface area contributed by atoms with Crippen molar-refractivity contribution in [2.24, 2.45) is 0 Å². The molecule has 0 saturated carbocycles. The van der Waals surface area contributed by atoms with E-state index in [-0.39, 0.29) is 19.3 Å². The lowest BCUT2D eigenvalue weighted by atomic mass is 9.98. The zero-order valence-corrected chi connectivity index (χ0v) is 26.5. The standard InChI is InChI=1S/C36H41N3O7/c1-5-12-23-19-31-32(45-22-44-31)20-30(23)38-33(40)29(39-35(42)46-36(2,3)4)17-10-11-18-37-34(41)43-21-28-26-15-8-6-13-24(26)25-14-7-9-16-27(25)28/h5-9,13-16,19-20,28-29H,1,10-12,17-18,21-22H2,2-4H3,(H,37,41)(H,38,40)(H,39,42)/t29-/m0/s1. The fourth-order valence-corrected chi connectivity index (χ4v) is 5.68. The Morgan fingerprint density at radius 2 is 1.61 bits per heavy atom. The van der Waals surface area contributed by atoms with Crippen LogP contribution in [0.4, 0.5) is 15.3 Å². The van der Waals surface area contributed by atoms with Gasteiger partial charge in [0.05, 0.1) is 0 Å². The van der Waals surface area contributed by atoms with Crippen molar-refractivity contribution in [1.82, 2.24) is 10.6 Å². The second-order valence-corrected chi connectivity index (χ2v) is 12.3. The van der Waals surface area contributed by atoms with E-state index in [4.69, 9.17) is 18.9 Å². The molecule has 0 fully saturated rings. The van der Waals surface area contributed by atoms with Gasteiger partial charge in [-0.1, -0.05) is 54.6 Å². The van der Waals surface area contributed by atoms with E-state index in [2.05, 4.69) is 46.8 Å². The van der Waals surface area contributed by atoms with Gasteiger partial charge in [0.25, 0.3) is 0 Å². The van der Waals surface area contributed by atoms with Crippen LogP contribution >= 0.6 is 0 Å². The quantitative estimate of drug-likeness (QED) is 0.151. The van der Waals surface area contributed by atoms with Crippen molar-refractivity contribution in [3.8, 4) is 22.6 Å². The van der Waals surface area contributed by atoms with Gasteiger partial charge in [0.15, 0.2) is 11.5 Å². The largest absolute Gasteiger partial charge is 0.454 e. The van der Waals surface area contributed by atoms with Crippen molar-refractivity contribution < 1.29 is 33.3 Å². The van der Waals surface area contributed by atoms with E-state index in [1.54, 1.807) is 32.9 Å². The molecule has 242 valence electrons. The molecule has 0 unspecified atom stereocenters. The number of carbonyl (C=O) groups is 3. The Balaban J connectivity index is 1.14. The molecule has 3 N–H and O–H groups in total. The number of ether oxygens (including phenoxy) is 4. The van der Waals surface area contributed by atoms with Crippen LogP contribution in [0.2, 0.25) is 0 Å². The van der Waals surface area contributed by atoms with Crippen LogP contribution < -0.4 is 25.4 Å². The van der Waals surface area contributed by atoms with E-state index < -0.39 is 29.7 Å². The van der Waals surface area contributed by atoms with Crippen LogP contribution in [-0.2, 0) is 20.7 Å². The summed E-state index contributed by atoms with van der Waals surface area (Å²) in [5.41, 5.74) is 5.25. The normalized spacial score (nSPS) is 13.6. The van der Waals surface area contributed by atoms with E-state index in [0.717, 1.165) is 16.7 Å². The molecule has 0 bridgehead atoms. The van der Waals surface area contributed by atoms with Crippen molar-refractivity contribution in [3.05, 3.63) is 90.0 Å². The molecule has 46 heavy (non-hydrogen) atoms. The lowest BCUT2D eigenvalue weighted by Gasteiger charge is -2.24. The number of anilines is 1. The van der Waals surface area contributed by atoms with Gasteiger partial charge in [0.1, 0.15) is 18.2 Å². The summed E-state index contributed by atoms with van der Waals surface area (Å²) in [5.74, 6) is 0.703. The molecule has 0 radical (unpaired) electrons. The second kappa shape index (κ2) is 14.4. The molecule has 3 aromatic rings. The first-order chi connectivity index (χ1) is 22.1. The molecule has 1 aliphatic carbocycles. The van der Waals surface area contributed by atoms with E-state index in [9.17, 15) is 14.4 Å². The van der Waals surface area contributed by atoms with Gasteiger partial charge in [0.2, 0.25) is 12.7 Å². The van der Waals surface area contributed by atoms with E-state index in [1.807, 2.05) is 30.3 Å². The minimum Gasteiger partial charge on any atom is -0.454 e. The van der Waals surface area contributed by atoms with Gasteiger partial charge < -0.3 is 34.9 Å². The van der Waals surface area contributed by atoms with Gasteiger partial charge in [-0.25, -0.2) is 9.59 Å². The molecule has 3 amide bonds. The number of fused-ring (bicyclic) bond motifs is 4. The van der Waals surface area contributed by atoms with Crippen molar-refractivity contribution in [1.29, 1.82) is 0 Å². The highest BCUT2D eigenvalue weighted by Gasteiger charge is 2.29. The number of carbonyl (C=O) groups excluding carboxylic acids is 3. The van der Waals surface area contributed by atoms with Crippen molar-refractivity contribution in [2.45, 2.75) is 64.0 Å². The van der Waals surface area contributed by atoms with Crippen molar-refractivity contribution >= 4 is 23.8 Å². The van der Waals surface area contributed by atoms with Crippen molar-refractivity contribution in [3.63, 3.8) is 0 Å². The number of allylic oxidation sites excluding steroid dienone is 1. The zero-order chi connectivity index (χ0) is 32.7. The summed E-state index contributed by atoms with van der Waals surface area (Å²) in [5, 5.41) is 8.44. The molecule has 1 atom stereocenters. The fourth-order valence-electron chi connectivity index (χ4n) is 5.68. The maximum absolute atomic E-state index is 13.5. The van der Waals surface area contributed by atoms with E-state index >= 15 is 0 Å².